The van der Waals surface area contributed by atoms with Crippen molar-refractivity contribution in [3.8, 4) is 0 Å². The Balaban J connectivity index is 2.04. The van der Waals surface area contributed by atoms with Gasteiger partial charge in [-0.1, -0.05) is 35.9 Å². The molecule has 0 saturated carbocycles. The first-order chi connectivity index (χ1) is 12.7. The van der Waals surface area contributed by atoms with Gasteiger partial charge in [0.1, 0.15) is 6.54 Å². The summed E-state index contributed by atoms with van der Waals surface area (Å²) in [6, 6.07) is 14.8. The smallest absolute Gasteiger partial charge is 0.327 e. The minimum atomic E-state index is -3.76. The Hall–Kier alpha value is -2.58. The van der Waals surface area contributed by atoms with Crippen LogP contribution in [0.2, 0.25) is 5.02 Å². The Labute approximate surface area is 162 Å². The predicted octanol–water partition coefficient (Wildman–Crippen LogP) is 2.68. The lowest BCUT2D eigenvalue weighted by molar-refractivity contribution is -0.151. The van der Waals surface area contributed by atoms with Gasteiger partial charge >= 0.3 is 5.97 Å². The molecule has 0 aliphatic heterocycles. The highest BCUT2D eigenvalue weighted by Gasteiger charge is 2.25. The van der Waals surface area contributed by atoms with Crippen LogP contribution in [0, 0.1) is 0 Å². The third kappa shape index (κ3) is 6.26. The summed E-state index contributed by atoms with van der Waals surface area (Å²) in [6.45, 7) is 0.822. The first-order valence-electron chi connectivity index (χ1n) is 7.95. The molecule has 0 fully saturated rings. The molecular formula is C18H19ClN2O5S. The highest BCUT2D eigenvalue weighted by atomic mass is 35.5. The number of para-hydroxylation sites is 1. The molecule has 1 amide bonds. The van der Waals surface area contributed by atoms with Crippen molar-refractivity contribution in [1.82, 2.24) is 0 Å². The van der Waals surface area contributed by atoms with E-state index >= 15 is 0 Å². The third-order valence-electron chi connectivity index (χ3n) is 3.49. The molecule has 9 heteroatoms. The lowest BCUT2D eigenvalue weighted by atomic mass is 10.3. The molecule has 0 spiro atoms. The molecule has 1 N–H and O–H groups in total. The summed E-state index contributed by atoms with van der Waals surface area (Å²) in [6.07, 6.45) is -0.134. The van der Waals surface area contributed by atoms with E-state index in [1.54, 1.807) is 42.5 Å². The molecule has 27 heavy (non-hydrogen) atoms. The van der Waals surface area contributed by atoms with Gasteiger partial charge in [-0.3, -0.25) is 13.9 Å². The van der Waals surface area contributed by atoms with Gasteiger partial charge in [-0.15, -0.1) is 0 Å². The van der Waals surface area contributed by atoms with E-state index in [2.05, 4.69) is 5.32 Å². The largest absolute Gasteiger partial charge is 0.451 e. The van der Waals surface area contributed by atoms with Crippen LogP contribution >= 0.6 is 11.6 Å². The Morgan fingerprint density at radius 2 is 1.81 bits per heavy atom. The maximum Gasteiger partial charge on any atom is 0.327 e. The molecular weight excluding hydrogens is 392 g/mol. The number of nitrogens with one attached hydrogen (secondary N) is 1. The number of rotatable bonds is 7. The van der Waals surface area contributed by atoms with Crippen molar-refractivity contribution < 1.29 is 22.7 Å². The lowest BCUT2D eigenvalue weighted by Crippen LogP contribution is -2.38. The highest BCUT2D eigenvalue weighted by molar-refractivity contribution is 7.92. The summed E-state index contributed by atoms with van der Waals surface area (Å²) in [5, 5.41) is 2.93. The summed E-state index contributed by atoms with van der Waals surface area (Å²) in [5.41, 5.74) is 0.783. The number of ether oxygens (including phenoxy) is 1. The Morgan fingerprint density at radius 1 is 1.15 bits per heavy atom. The van der Waals surface area contributed by atoms with Crippen molar-refractivity contribution in [2.45, 2.75) is 13.0 Å². The number of hydrogen-bond donors (Lipinski definition) is 1. The standard InChI is InChI=1S/C18H19ClN2O5S/c1-13(18(23)20-15-8-4-3-5-9-15)26-17(22)12-21(27(2,24)25)16-10-6-7-14(19)11-16/h3-11,13H,12H2,1-2H3,(H,20,23)/t13-/m0/s1. The monoisotopic (exact) mass is 410 g/mol. The van der Waals surface area contributed by atoms with E-state index < -0.39 is 34.5 Å². The fourth-order valence-electron chi connectivity index (χ4n) is 2.20. The van der Waals surface area contributed by atoms with Crippen molar-refractivity contribution in [3.05, 3.63) is 59.6 Å². The van der Waals surface area contributed by atoms with E-state index in [-0.39, 0.29) is 5.69 Å². The third-order valence-corrected chi connectivity index (χ3v) is 4.86. The minimum Gasteiger partial charge on any atom is -0.451 e. The zero-order chi connectivity index (χ0) is 20.0. The first-order valence-corrected chi connectivity index (χ1v) is 10.2. The van der Waals surface area contributed by atoms with Crippen LogP contribution in [0.15, 0.2) is 54.6 Å². The van der Waals surface area contributed by atoms with Crippen molar-refractivity contribution in [2.24, 2.45) is 0 Å². The molecule has 1 atom stereocenters. The zero-order valence-electron chi connectivity index (χ0n) is 14.8. The minimum absolute atomic E-state index is 0.225. The highest BCUT2D eigenvalue weighted by Crippen LogP contribution is 2.21. The van der Waals surface area contributed by atoms with Gasteiger partial charge < -0.3 is 10.1 Å². The van der Waals surface area contributed by atoms with Gasteiger partial charge in [0.05, 0.1) is 11.9 Å². The molecule has 144 valence electrons. The van der Waals surface area contributed by atoms with Crippen molar-refractivity contribution >= 4 is 44.9 Å². The van der Waals surface area contributed by atoms with Crippen molar-refractivity contribution in [2.75, 3.05) is 22.4 Å². The second kappa shape index (κ2) is 8.88. The van der Waals surface area contributed by atoms with Crippen molar-refractivity contribution in [3.63, 3.8) is 0 Å². The van der Waals surface area contributed by atoms with E-state index in [1.807, 2.05) is 0 Å². The molecule has 2 aromatic carbocycles. The number of esters is 1. The average molecular weight is 411 g/mol. The Bertz CT molecular complexity index is 918. The van der Waals surface area contributed by atoms with Crippen LogP contribution < -0.4 is 9.62 Å². The summed E-state index contributed by atoms with van der Waals surface area (Å²) in [5.74, 6) is -1.39. The molecule has 0 aliphatic rings. The zero-order valence-corrected chi connectivity index (χ0v) is 16.3. The Kier molecular flexibility index (Phi) is 6.81. The molecule has 0 heterocycles. The number of halogens is 1. The fourth-order valence-corrected chi connectivity index (χ4v) is 3.22. The van der Waals surface area contributed by atoms with Crippen LogP contribution in [-0.2, 0) is 24.3 Å². The van der Waals surface area contributed by atoms with Gasteiger partial charge in [-0.2, -0.15) is 0 Å². The summed E-state index contributed by atoms with van der Waals surface area (Å²) in [7, 11) is -3.76. The number of carbonyl (C=O) groups excluding carboxylic acids is 2. The summed E-state index contributed by atoms with van der Waals surface area (Å²) < 4.78 is 30.0. The maximum absolute atomic E-state index is 12.2. The number of nitrogens with zero attached hydrogens (tertiary/aromatic N) is 1. The van der Waals surface area contributed by atoms with E-state index in [4.69, 9.17) is 16.3 Å². The predicted molar refractivity (Wildman–Crippen MR) is 104 cm³/mol. The van der Waals surface area contributed by atoms with Crippen LogP contribution in [0.1, 0.15) is 6.92 Å². The van der Waals surface area contributed by atoms with Crippen LogP contribution in [0.25, 0.3) is 0 Å². The number of amides is 1. The molecule has 0 aromatic heterocycles. The fraction of sp³-hybridized carbons (Fsp3) is 0.222. The van der Waals surface area contributed by atoms with Crippen LogP contribution in [0.5, 0.6) is 0 Å². The quantitative estimate of drug-likeness (QED) is 0.708. The van der Waals surface area contributed by atoms with Crippen molar-refractivity contribution in [1.29, 1.82) is 0 Å². The van der Waals surface area contributed by atoms with Crippen LogP contribution in [0.3, 0.4) is 0 Å². The number of sulfonamides is 1. The van der Waals surface area contributed by atoms with Gasteiger partial charge in [-0.25, -0.2) is 8.42 Å². The number of hydrogen-bond acceptors (Lipinski definition) is 5. The summed E-state index contributed by atoms with van der Waals surface area (Å²) >= 11 is 5.89. The number of anilines is 2. The second-order valence-corrected chi connectivity index (χ2v) is 8.08. The molecule has 2 aromatic rings. The van der Waals surface area contributed by atoms with Crippen LogP contribution in [-0.4, -0.2) is 39.2 Å². The van der Waals surface area contributed by atoms with Gasteiger partial charge in [0.25, 0.3) is 5.91 Å². The SMILES string of the molecule is C[C@H](OC(=O)CN(c1cccc(Cl)c1)S(C)(=O)=O)C(=O)Nc1ccccc1. The lowest BCUT2D eigenvalue weighted by Gasteiger charge is -2.22. The van der Waals surface area contributed by atoms with Gasteiger partial charge in [-0.05, 0) is 37.3 Å². The molecule has 2 rings (SSSR count). The molecule has 0 unspecified atom stereocenters. The topological polar surface area (TPSA) is 92.8 Å². The van der Waals surface area contributed by atoms with E-state index in [1.165, 1.54) is 19.1 Å². The normalized spacial score (nSPS) is 12.1. The molecule has 0 saturated heterocycles. The molecule has 0 aliphatic carbocycles. The Morgan fingerprint density at radius 3 is 2.41 bits per heavy atom. The number of carbonyl (C=O) groups is 2. The summed E-state index contributed by atoms with van der Waals surface area (Å²) in [4.78, 5) is 24.3. The molecule has 0 radical (unpaired) electrons. The second-order valence-electron chi connectivity index (χ2n) is 5.74. The maximum atomic E-state index is 12.2. The first kappa shape index (κ1) is 20.7. The number of benzene rings is 2. The van der Waals surface area contributed by atoms with Crippen LogP contribution in [0.4, 0.5) is 11.4 Å². The molecule has 0 bridgehead atoms. The van der Waals surface area contributed by atoms with Gasteiger partial charge in [0.15, 0.2) is 6.10 Å². The van der Waals surface area contributed by atoms with Gasteiger partial charge in [0, 0.05) is 10.7 Å². The molecule has 7 nitrogen and oxygen atoms in total. The van der Waals surface area contributed by atoms with Gasteiger partial charge in [0.2, 0.25) is 10.0 Å². The van der Waals surface area contributed by atoms with E-state index in [9.17, 15) is 18.0 Å². The average Bonchev–Trinajstić information content (AvgIpc) is 2.59. The van der Waals surface area contributed by atoms with E-state index in [0.29, 0.717) is 10.7 Å². The van der Waals surface area contributed by atoms with E-state index in [0.717, 1.165) is 10.6 Å².